The van der Waals surface area contributed by atoms with Crippen LogP contribution in [0, 0.1) is 6.92 Å². The predicted molar refractivity (Wildman–Crippen MR) is 91.9 cm³/mol. The number of rotatable bonds is 5. The maximum atomic E-state index is 5.69. The molecule has 0 radical (unpaired) electrons. The van der Waals surface area contributed by atoms with Gasteiger partial charge in [0.25, 0.3) is 11.1 Å². The summed E-state index contributed by atoms with van der Waals surface area (Å²) in [6, 6.07) is 9.97. The van der Waals surface area contributed by atoms with E-state index < -0.39 is 0 Å². The van der Waals surface area contributed by atoms with E-state index in [9.17, 15) is 0 Å². The Labute approximate surface area is 142 Å². The zero-order chi connectivity index (χ0) is 16.5. The summed E-state index contributed by atoms with van der Waals surface area (Å²) in [5.74, 6) is 3.14. The Kier molecular flexibility index (Phi) is 3.86. The summed E-state index contributed by atoms with van der Waals surface area (Å²) in [6.45, 7) is 1.87. The Morgan fingerprint density at radius 2 is 2.04 bits per heavy atom. The molecule has 24 heavy (non-hydrogen) atoms. The van der Waals surface area contributed by atoms with Gasteiger partial charge in [-0.1, -0.05) is 23.9 Å². The van der Waals surface area contributed by atoms with Gasteiger partial charge in [-0.15, -0.1) is 10.2 Å². The molecule has 7 heteroatoms. The van der Waals surface area contributed by atoms with Crippen LogP contribution in [0.3, 0.4) is 0 Å². The highest BCUT2D eigenvalue weighted by atomic mass is 32.2. The molecule has 3 heterocycles. The van der Waals surface area contributed by atoms with Crippen LogP contribution in [0.5, 0.6) is 0 Å². The Morgan fingerprint density at radius 3 is 2.83 bits per heavy atom. The van der Waals surface area contributed by atoms with E-state index in [1.54, 1.807) is 6.26 Å². The van der Waals surface area contributed by atoms with Crippen LogP contribution >= 0.6 is 11.8 Å². The van der Waals surface area contributed by atoms with E-state index in [-0.39, 0.29) is 0 Å². The first kappa shape index (κ1) is 15.0. The van der Waals surface area contributed by atoms with Crippen LogP contribution in [0.15, 0.2) is 50.7 Å². The predicted octanol–water partition coefficient (Wildman–Crippen LogP) is 3.86. The smallest absolute Gasteiger partial charge is 0.276 e. The van der Waals surface area contributed by atoms with Crippen molar-refractivity contribution in [3.63, 3.8) is 0 Å². The van der Waals surface area contributed by atoms with Crippen LogP contribution in [0.4, 0.5) is 0 Å². The number of hydrogen-bond acceptors (Lipinski definition) is 6. The molecule has 0 unspecified atom stereocenters. The maximum Gasteiger partial charge on any atom is 0.276 e. The van der Waals surface area contributed by atoms with Gasteiger partial charge in [0, 0.05) is 19.2 Å². The lowest BCUT2D eigenvalue weighted by Crippen LogP contribution is -1.99. The Balaban J connectivity index is 1.43. The molecule has 6 nitrogen and oxygen atoms in total. The van der Waals surface area contributed by atoms with Gasteiger partial charge in [-0.05, 0) is 25.1 Å². The van der Waals surface area contributed by atoms with Gasteiger partial charge in [-0.25, -0.2) is 4.98 Å². The van der Waals surface area contributed by atoms with Crippen LogP contribution in [0.1, 0.15) is 11.6 Å². The number of nitrogens with zero attached hydrogens (tertiary/aromatic N) is 4. The zero-order valence-electron chi connectivity index (χ0n) is 13.4. The molecule has 0 spiro atoms. The first-order valence-electron chi connectivity index (χ1n) is 7.63. The Morgan fingerprint density at radius 1 is 1.17 bits per heavy atom. The average molecular weight is 340 g/mol. The SMILES string of the molecule is Cc1occc1-c1nnc(SCCc2nc3ccccc3n2C)o1. The molecular weight excluding hydrogens is 324 g/mol. The molecule has 0 fully saturated rings. The number of hydrogen-bond donors (Lipinski definition) is 0. The van der Waals surface area contributed by atoms with Crippen LogP contribution < -0.4 is 0 Å². The minimum absolute atomic E-state index is 0.492. The van der Waals surface area contributed by atoms with Gasteiger partial charge < -0.3 is 13.4 Å². The van der Waals surface area contributed by atoms with Crippen molar-refractivity contribution in [1.82, 2.24) is 19.7 Å². The van der Waals surface area contributed by atoms with Crippen molar-refractivity contribution < 1.29 is 8.83 Å². The second kappa shape index (κ2) is 6.16. The molecule has 0 aliphatic heterocycles. The summed E-state index contributed by atoms with van der Waals surface area (Å²) in [5.41, 5.74) is 3.01. The third-order valence-electron chi connectivity index (χ3n) is 3.93. The lowest BCUT2D eigenvalue weighted by atomic mass is 10.3. The number of aromatic nitrogens is 4. The second-order valence-electron chi connectivity index (χ2n) is 5.44. The first-order chi connectivity index (χ1) is 11.7. The molecule has 0 saturated carbocycles. The molecule has 0 aliphatic carbocycles. The highest BCUT2D eigenvalue weighted by Crippen LogP contribution is 2.26. The third kappa shape index (κ3) is 2.71. The van der Waals surface area contributed by atoms with E-state index in [0.717, 1.165) is 40.4 Å². The first-order valence-corrected chi connectivity index (χ1v) is 8.62. The van der Waals surface area contributed by atoms with E-state index in [0.29, 0.717) is 11.1 Å². The van der Waals surface area contributed by atoms with Crippen molar-refractivity contribution >= 4 is 22.8 Å². The molecule has 0 amide bonds. The number of imidazole rings is 1. The van der Waals surface area contributed by atoms with E-state index in [1.807, 2.05) is 38.2 Å². The topological polar surface area (TPSA) is 69.9 Å². The summed E-state index contributed by atoms with van der Waals surface area (Å²) in [6.07, 6.45) is 2.45. The highest BCUT2D eigenvalue weighted by molar-refractivity contribution is 7.99. The fourth-order valence-corrected chi connectivity index (χ4v) is 3.33. The minimum atomic E-state index is 0.492. The van der Waals surface area contributed by atoms with Crippen molar-refractivity contribution in [3.05, 3.63) is 48.2 Å². The fourth-order valence-electron chi connectivity index (χ4n) is 2.63. The van der Waals surface area contributed by atoms with E-state index in [1.165, 1.54) is 11.8 Å². The van der Waals surface area contributed by atoms with Gasteiger partial charge in [0.1, 0.15) is 11.6 Å². The third-order valence-corrected chi connectivity index (χ3v) is 4.75. The van der Waals surface area contributed by atoms with Crippen molar-refractivity contribution in [2.24, 2.45) is 7.05 Å². The van der Waals surface area contributed by atoms with Crippen LogP contribution in [0.2, 0.25) is 0 Å². The lowest BCUT2D eigenvalue weighted by Gasteiger charge is -2.00. The van der Waals surface area contributed by atoms with Crippen LogP contribution in [-0.2, 0) is 13.5 Å². The van der Waals surface area contributed by atoms with Crippen molar-refractivity contribution in [1.29, 1.82) is 0 Å². The van der Waals surface area contributed by atoms with E-state index >= 15 is 0 Å². The molecule has 0 atom stereocenters. The standard InChI is InChI=1S/C17H16N4O2S/c1-11-12(7-9-22-11)16-19-20-17(23-16)24-10-8-15-18-13-5-3-4-6-14(13)21(15)2/h3-7,9H,8,10H2,1-2H3. The summed E-state index contributed by atoms with van der Waals surface area (Å²) >= 11 is 1.53. The summed E-state index contributed by atoms with van der Waals surface area (Å²) < 4.78 is 13.1. The monoisotopic (exact) mass is 340 g/mol. The molecule has 1 aromatic carbocycles. The maximum absolute atomic E-state index is 5.69. The summed E-state index contributed by atoms with van der Waals surface area (Å²) in [4.78, 5) is 4.67. The van der Waals surface area contributed by atoms with Crippen LogP contribution in [-0.4, -0.2) is 25.5 Å². The van der Waals surface area contributed by atoms with Crippen molar-refractivity contribution in [3.8, 4) is 11.5 Å². The molecule has 0 N–H and O–H groups in total. The number of aryl methyl sites for hydroxylation is 3. The Bertz CT molecular complexity index is 985. The molecule has 0 aliphatic rings. The van der Waals surface area contributed by atoms with Gasteiger partial charge in [0.2, 0.25) is 0 Å². The quantitative estimate of drug-likeness (QED) is 0.514. The summed E-state index contributed by atoms with van der Waals surface area (Å²) in [7, 11) is 2.04. The number of fused-ring (bicyclic) bond motifs is 1. The normalized spacial score (nSPS) is 11.4. The van der Waals surface area contributed by atoms with Gasteiger partial charge >= 0.3 is 0 Å². The van der Waals surface area contributed by atoms with Crippen molar-refractivity contribution in [2.45, 2.75) is 18.6 Å². The zero-order valence-corrected chi connectivity index (χ0v) is 14.2. The summed E-state index contributed by atoms with van der Waals surface area (Å²) in [5, 5.41) is 8.73. The van der Waals surface area contributed by atoms with Gasteiger partial charge in [0.05, 0.1) is 22.9 Å². The highest BCUT2D eigenvalue weighted by Gasteiger charge is 2.14. The average Bonchev–Trinajstić information content (AvgIpc) is 3.28. The molecule has 3 aromatic heterocycles. The minimum Gasteiger partial charge on any atom is -0.469 e. The van der Waals surface area contributed by atoms with E-state index in [4.69, 9.17) is 8.83 Å². The van der Waals surface area contributed by atoms with Crippen LogP contribution in [0.25, 0.3) is 22.5 Å². The molecular formula is C17H16N4O2S. The van der Waals surface area contributed by atoms with E-state index in [2.05, 4.69) is 25.8 Å². The number of para-hydroxylation sites is 2. The second-order valence-corrected chi connectivity index (χ2v) is 6.48. The molecule has 122 valence electrons. The van der Waals surface area contributed by atoms with Gasteiger partial charge in [-0.3, -0.25) is 0 Å². The fraction of sp³-hybridized carbons (Fsp3) is 0.235. The lowest BCUT2D eigenvalue weighted by molar-refractivity contribution is 0.463. The van der Waals surface area contributed by atoms with Crippen molar-refractivity contribution in [2.75, 3.05) is 5.75 Å². The number of furan rings is 1. The van der Waals surface area contributed by atoms with Gasteiger partial charge in [0.15, 0.2) is 0 Å². The van der Waals surface area contributed by atoms with Gasteiger partial charge in [-0.2, -0.15) is 0 Å². The molecule has 4 aromatic rings. The largest absolute Gasteiger partial charge is 0.469 e. The number of thioether (sulfide) groups is 1. The molecule has 4 rings (SSSR count). The molecule has 0 saturated heterocycles. The Hall–Kier alpha value is -2.54. The molecule has 0 bridgehead atoms. The number of benzene rings is 1.